The molecule has 0 aliphatic rings. The Kier molecular flexibility index (Phi) is 3.30. The summed E-state index contributed by atoms with van der Waals surface area (Å²) in [6.45, 7) is 0.281. The van der Waals surface area contributed by atoms with Gasteiger partial charge in [0.05, 0.1) is 13.7 Å². The van der Waals surface area contributed by atoms with E-state index >= 15 is 0 Å². The zero-order chi connectivity index (χ0) is 13.9. The first kappa shape index (κ1) is 12.5. The highest BCUT2D eigenvalue weighted by Gasteiger charge is 2.12. The molecule has 0 radical (unpaired) electrons. The van der Waals surface area contributed by atoms with E-state index in [1.54, 1.807) is 28.2 Å². The minimum Gasteiger partial charge on any atom is -0.478 e. The van der Waals surface area contributed by atoms with Gasteiger partial charge in [-0.05, 0) is 11.4 Å². The van der Waals surface area contributed by atoms with E-state index in [0.717, 1.165) is 0 Å². The monoisotopic (exact) mass is 289 g/mol. The molecule has 1 amide bonds. The Labute approximate surface area is 118 Å². The van der Waals surface area contributed by atoms with Crippen LogP contribution in [0.25, 0.3) is 5.65 Å². The van der Waals surface area contributed by atoms with Crippen LogP contribution in [0.15, 0.2) is 29.2 Å². The van der Waals surface area contributed by atoms with Gasteiger partial charge in [0.2, 0.25) is 5.65 Å². The minimum atomic E-state index is -0.135. The van der Waals surface area contributed by atoms with Gasteiger partial charge in [-0.15, -0.1) is 10.2 Å². The SMILES string of the molecule is COc1nccn2c(CNC(=O)c3ccsc3)nnc12. The third kappa shape index (κ3) is 2.21. The minimum absolute atomic E-state index is 0.135. The van der Waals surface area contributed by atoms with Crippen molar-refractivity contribution >= 4 is 22.9 Å². The molecule has 20 heavy (non-hydrogen) atoms. The third-order valence-corrected chi connectivity index (χ3v) is 3.43. The van der Waals surface area contributed by atoms with Crippen LogP contribution in [-0.2, 0) is 6.54 Å². The smallest absolute Gasteiger partial charge is 0.260 e. The molecule has 8 heteroatoms. The standard InChI is InChI=1S/C12H11N5O2S/c1-19-12-10-16-15-9(17(10)4-3-13-12)6-14-11(18)8-2-5-20-7-8/h2-5,7H,6H2,1H3,(H,14,18). The number of nitrogens with one attached hydrogen (secondary N) is 1. The first-order chi connectivity index (χ1) is 9.79. The van der Waals surface area contributed by atoms with Crippen LogP contribution in [0.3, 0.4) is 0 Å². The van der Waals surface area contributed by atoms with Gasteiger partial charge in [-0.25, -0.2) is 4.98 Å². The fourth-order valence-electron chi connectivity index (χ4n) is 1.77. The maximum absolute atomic E-state index is 11.9. The van der Waals surface area contributed by atoms with Crippen molar-refractivity contribution in [2.45, 2.75) is 6.54 Å². The van der Waals surface area contributed by atoms with E-state index in [2.05, 4.69) is 20.5 Å². The van der Waals surface area contributed by atoms with Crippen molar-refractivity contribution < 1.29 is 9.53 Å². The van der Waals surface area contributed by atoms with E-state index in [1.165, 1.54) is 18.4 Å². The van der Waals surface area contributed by atoms with Crippen LogP contribution in [0.4, 0.5) is 0 Å². The molecule has 1 N–H and O–H groups in total. The molecular formula is C12H11N5O2S. The summed E-state index contributed by atoms with van der Waals surface area (Å²) in [4.78, 5) is 15.9. The second-order valence-corrected chi connectivity index (χ2v) is 4.72. The largest absolute Gasteiger partial charge is 0.478 e. The average molecular weight is 289 g/mol. The van der Waals surface area contributed by atoms with Gasteiger partial charge < -0.3 is 10.1 Å². The van der Waals surface area contributed by atoms with Crippen molar-refractivity contribution in [3.8, 4) is 5.88 Å². The van der Waals surface area contributed by atoms with Crippen molar-refractivity contribution in [2.24, 2.45) is 0 Å². The van der Waals surface area contributed by atoms with E-state index in [1.807, 2.05) is 5.38 Å². The Hall–Kier alpha value is -2.48. The van der Waals surface area contributed by atoms with Crippen LogP contribution in [-0.4, -0.2) is 32.6 Å². The summed E-state index contributed by atoms with van der Waals surface area (Å²) in [5.41, 5.74) is 1.16. The number of carbonyl (C=O) groups is 1. The predicted molar refractivity (Wildman–Crippen MR) is 72.8 cm³/mol. The molecule has 3 heterocycles. The normalized spacial score (nSPS) is 10.7. The molecule has 0 unspecified atom stereocenters. The molecular weight excluding hydrogens is 278 g/mol. The number of aromatic nitrogens is 4. The van der Waals surface area contributed by atoms with Crippen LogP contribution in [0.5, 0.6) is 5.88 Å². The van der Waals surface area contributed by atoms with Gasteiger partial charge in [0, 0.05) is 23.3 Å². The second kappa shape index (κ2) is 5.25. The number of fused-ring (bicyclic) bond motifs is 1. The molecule has 0 spiro atoms. The van der Waals surface area contributed by atoms with Crippen LogP contribution >= 0.6 is 11.3 Å². The van der Waals surface area contributed by atoms with Crippen LogP contribution in [0.1, 0.15) is 16.2 Å². The van der Waals surface area contributed by atoms with Gasteiger partial charge in [0.25, 0.3) is 11.8 Å². The number of carbonyl (C=O) groups excluding carboxylic acids is 1. The zero-order valence-electron chi connectivity index (χ0n) is 10.6. The number of rotatable bonds is 4. The van der Waals surface area contributed by atoms with Crippen LogP contribution in [0.2, 0.25) is 0 Å². The molecule has 102 valence electrons. The maximum Gasteiger partial charge on any atom is 0.260 e. The van der Waals surface area contributed by atoms with Crippen molar-refractivity contribution in [3.63, 3.8) is 0 Å². The molecule has 0 aliphatic heterocycles. The Morgan fingerprint density at radius 1 is 1.50 bits per heavy atom. The van der Waals surface area contributed by atoms with Crippen molar-refractivity contribution in [1.29, 1.82) is 0 Å². The summed E-state index contributed by atoms with van der Waals surface area (Å²) in [6.07, 6.45) is 3.32. The molecule has 0 saturated heterocycles. The summed E-state index contributed by atoms with van der Waals surface area (Å²) >= 11 is 1.48. The lowest BCUT2D eigenvalue weighted by Gasteiger charge is -2.03. The highest BCUT2D eigenvalue weighted by Crippen LogP contribution is 2.14. The molecule has 7 nitrogen and oxygen atoms in total. The van der Waals surface area contributed by atoms with Gasteiger partial charge in [-0.2, -0.15) is 11.3 Å². The Balaban J connectivity index is 1.80. The molecule has 0 fully saturated rings. The Morgan fingerprint density at radius 2 is 2.40 bits per heavy atom. The van der Waals surface area contributed by atoms with Gasteiger partial charge in [0.15, 0.2) is 5.82 Å². The topological polar surface area (TPSA) is 81.4 Å². The fraction of sp³-hybridized carbons (Fsp3) is 0.167. The number of hydrogen-bond acceptors (Lipinski definition) is 6. The molecule has 3 aromatic rings. The lowest BCUT2D eigenvalue weighted by molar-refractivity contribution is 0.0950. The quantitative estimate of drug-likeness (QED) is 0.778. The summed E-state index contributed by atoms with van der Waals surface area (Å²) in [5, 5.41) is 14.5. The summed E-state index contributed by atoms with van der Waals surface area (Å²) in [6, 6.07) is 1.77. The molecule has 3 aromatic heterocycles. The summed E-state index contributed by atoms with van der Waals surface area (Å²) < 4.78 is 6.84. The molecule has 3 rings (SSSR count). The van der Waals surface area contributed by atoms with Gasteiger partial charge in [0.1, 0.15) is 0 Å². The third-order valence-electron chi connectivity index (χ3n) is 2.75. The molecule has 0 aromatic carbocycles. The molecule has 0 saturated carbocycles. The molecule has 0 atom stereocenters. The van der Waals surface area contributed by atoms with Crippen molar-refractivity contribution in [3.05, 3.63) is 40.6 Å². The number of amides is 1. The predicted octanol–water partition coefficient (Wildman–Crippen LogP) is 1.12. The summed E-state index contributed by atoms with van der Waals surface area (Å²) in [5.74, 6) is 0.878. The number of thiophene rings is 1. The summed E-state index contributed by atoms with van der Waals surface area (Å²) in [7, 11) is 1.52. The molecule has 0 bridgehead atoms. The van der Waals surface area contributed by atoms with Crippen LogP contribution < -0.4 is 10.1 Å². The average Bonchev–Trinajstić information content (AvgIpc) is 3.14. The number of hydrogen-bond donors (Lipinski definition) is 1. The number of methoxy groups -OCH3 is 1. The van der Waals surface area contributed by atoms with Crippen molar-refractivity contribution in [1.82, 2.24) is 24.9 Å². The Morgan fingerprint density at radius 3 is 3.15 bits per heavy atom. The second-order valence-electron chi connectivity index (χ2n) is 3.94. The fourth-order valence-corrected chi connectivity index (χ4v) is 2.41. The van der Waals surface area contributed by atoms with Crippen LogP contribution in [0, 0.1) is 0 Å². The van der Waals surface area contributed by atoms with E-state index in [-0.39, 0.29) is 12.5 Å². The number of nitrogens with zero attached hydrogens (tertiary/aromatic N) is 4. The maximum atomic E-state index is 11.9. The van der Waals surface area contributed by atoms with E-state index in [4.69, 9.17) is 4.74 Å². The van der Waals surface area contributed by atoms with Crippen molar-refractivity contribution in [2.75, 3.05) is 7.11 Å². The lowest BCUT2D eigenvalue weighted by atomic mass is 10.3. The first-order valence-corrected chi connectivity index (χ1v) is 6.77. The zero-order valence-corrected chi connectivity index (χ0v) is 11.4. The first-order valence-electron chi connectivity index (χ1n) is 5.82. The highest BCUT2D eigenvalue weighted by molar-refractivity contribution is 7.08. The van der Waals surface area contributed by atoms with Gasteiger partial charge in [-0.3, -0.25) is 9.20 Å². The Bertz CT molecular complexity index is 737. The van der Waals surface area contributed by atoms with Gasteiger partial charge >= 0.3 is 0 Å². The van der Waals surface area contributed by atoms with Gasteiger partial charge in [-0.1, -0.05) is 0 Å². The number of ether oxygens (including phenoxy) is 1. The van der Waals surface area contributed by atoms with E-state index in [9.17, 15) is 4.79 Å². The van der Waals surface area contributed by atoms with E-state index in [0.29, 0.717) is 22.9 Å². The lowest BCUT2D eigenvalue weighted by Crippen LogP contribution is -2.23. The molecule has 0 aliphatic carbocycles. The van der Waals surface area contributed by atoms with E-state index < -0.39 is 0 Å². The highest BCUT2D eigenvalue weighted by atomic mass is 32.1.